The molecule has 2 aromatic rings. The van der Waals surface area contributed by atoms with Crippen molar-refractivity contribution >= 4 is 11.8 Å². The molecule has 1 saturated heterocycles. The van der Waals surface area contributed by atoms with Gasteiger partial charge in [0.25, 0.3) is 0 Å². The van der Waals surface area contributed by atoms with Crippen LogP contribution in [0.4, 0.5) is 5.82 Å². The molecule has 0 bridgehead atoms. The molecule has 3 heterocycles. The molecule has 2 N–H and O–H groups in total. The summed E-state index contributed by atoms with van der Waals surface area (Å²) in [7, 11) is 1.79. The van der Waals surface area contributed by atoms with E-state index in [0.717, 1.165) is 69.8 Å². The van der Waals surface area contributed by atoms with Gasteiger partial charge in [0, 0.05) is 65.5 Å². The molecule has 29 heavy (non-hydrogen) atoms. The number of nitrogens with zero attached hydrogens (tertiary/aromatic N) is 7. The summed E-state index contributed by atoms with van der Waals surface area (Å²) in [6.45, 7) is 12.0. The Morgan fingerprint density at radius 2 is 2.00 bits per heavy atom. The van der Waals surface area contributed by atoms with Crippen LogP contribution in [-0.2, 0) is 19.5 Å². The van der Waals surface area contributed by atoms with Gasteiger partial charge in [-0.15, -0.1) is 10.2 Å². The normalized spacial score (nSPS) is 15.6. The predicted molar refractivity (Wildman–Crippen MR) is 116 cm³/mol. The number of pyridine rings is 1. The van der Waals surface area contributed by atoms with Crippen LogP contribution in [0.3, 0.4) is 0 Å². The van der Waals surface area contributed by atoms with E-state index in [9.17, 15) is 0 Å². The van der Waals surface area contributed by atoms with E-state index in [-0.39, 0.29) is 0 Å². The second kappa shape index (κ2) is 10.8. The molecule has 0 radical (unpaired) electrons. The zero-order valence-corrected chi connectivity index (χ0v) is 17.8. The van der Waals surface area contributed by atoms with Crippen molar-refractivity contribution in [3.63, 3.8) is 0 Å². The van der Waals surface area contributed by atoms with Gasteiger partial charge < -0.3 is 25.0 Å². The van der Waals surface area contributed by atoms with Crippen LogP contribution in [0.1, 0.15) is 25.2 Å². The number of aromatic nitrogens is 4. The number of nitrogens with one attached hydrogen (secondary N) is 2. The monoisotopic (exact) mass is 399 g/mol. The summed E-state index contributed by atoms with van der Waals surface area (Å²) in [5.74, 6) is 2.84. The fourth-order valence-electron chi connectivity index (χ4n) is 3.48. The smallest absolute Gasteiger partial charge is 0.191 e. The first-order valence-corrected chi connectivity index (χ1v) is 10.5. The third-order valence-electron chi connectivity index (χ3n) is 5.29. The predicted octanol–water partition coefficient (Wildman–Crippen LogP) is 0.743. The minimum absolute atomic E-state index is 0.705. The highest BCUT2D eigenvalue weighted by Crippen LogP contribution is 2.15. The Balaban J connectivity index is 1.47. The SMILES string of the molecule is CCc1nncn1CCNC(=NC)NCc1ccnc(N2CCN(CC)CC2)c1. The molecule has 9 nitrogen and oxygen atoms in total. The molecular weight excluding hydrogens is 366 g/mol. The van der Waals surface area contributed by atoms with E-state index < -0.39 is 0 Å². The third kappa shape index (κ3) is 5.90. The topological polar surface area (TPSA) is 86.5 Å². The zero-order chi connectivity index (χ0) is 20.5. The number of aryl methyl sites for hydroxylation is 1. The summed E-state index contributed by atoms with van der Waals surface area (Å²) >= 11 is 0. The highest BCUT2D eigenvalue weighted by Gasteiger charge is 2.16. The highest BCUT2D eigenvalue weighted by atomic mass is 15.3. The molecule has 1 aliphatic rings. The maximum atomic E-state index is 4.57. The van der Waals surface area contributed by atoms with E-state index in [4.69, 9.17) is 0 Å². The van der Waals surface area contributed by atoms with E-state index >= 15 is 0 Å². The second-order valence-corrected chi connectivity index (χ2v) is 7.09. The molecular formula is C20H33N9. The number of hydrogen-bond donors (Lipinski definition) is 2. The van der Waals surface area contributed by atoms with Crippen molar-refractivity contribution < 1.29 is 0 Å². The Kier molecular flexibility index (Phi) is 7.80. The summed E-state index contributed by atoms with van der Waals surface area (Å²) in [6.07, 6.45) is 4.55. The van der Waals surface area contributed by atoms with E-state index in [1.165, 1.54) is 5.56 Å². The molecule has 0 aromatic carbocycles. The zero-order valence-electron chi connectivity index (χ0n) is 17.8. The highest BCUT2D eigenvalue weighted by molar-refractivity contribution is 5.79. The van der Waals surface area contributed by atoms with Crippen LogP contribution < -0.4 is 15.5 Å². The Bertz CT molecular complexity index is 778. The first-order valence-electron chi connectivity index (χ1n) is 10.5. The van der Waals surface area contributed by atoms with Crippen LogP contribution in [0, 0.1) is 0 Å². The molecule has 0 amide bonds. The average molecular weight is 400 g/mol. The number of likely N-dealkylation sites (N-methyl/N-ethyl adjacent to an activating group) is 1. The van der Waals surface area contributed by atoms with Crippen molar-refractivity contribution in [3.05, 3.63) is 36.0 Å². The molecule has 9 heteroatoms. The van der Waals surface area contributed by atoms with Gasteiger partial charge in [-0.25, -0.2) is 4.98 Å². The summed E-state index contributed by atoms with van der Waals surface area (Å²) in [4.78, 5) is 13.7. The summed E-state index contributed by atoms with van der Waals surface area (Å²) < 4.78 is 2.06. The number of guanidine groups is 1. The lowest BCUT2D eigenvalue weighted by Gasteiger charge is -2.34. The lowest BCUT2D eigenvalue weighted by atomic mass is 10.2. The van der Waals surface area contributed by atoms with E-state index in [1.54, 1.807) is 13.4 Å². The van der Waals surface area contributed by atoms with Crippen LogP contribution in [0.15, 0.2) is 29.6 Å². The molecule has 3 rings (SSSR count). The molecule has 0 saturated carbocycles. The van der Waals surface area contributed by atoms with Gasteiger partial charge in [0.15, 0.2) is 5.96 Å². The Morgan fingerprint density at radius 1 is 1.17 bits per heavy atom. The molecule has 0 unspecified atom stereocenters. The molecule has 0 aliphatic carbocycles. The van der Waals surface area contributed by atoms with Crippen LogP contribution in [0.25, 0.3) is 0 Å². The Hall–Kier alpha value is -2.68. The van der Waals surface area contributed by atoms with Gasteiger partial charge >= 0.3 is 0 Å². The van der Waals surface area contributed by atoms with Crippen molar-refractivity contribution in [3.8, 4) is 0 Å². The largest absolute Gasteiger partial charge is 0.355 e. The molecule has 1 aliphatic heterocycles. The lowest BCUT2D eigenvalue weighted by molar-refractivity contribution is 0.270. The molecule has 1 fully saturated rings. The summed E-state index contributed by atoms with van der Waals surface area (Å²) in [5, 5.41) is 14.8. The van der Waals surface area contributed by atoms with Gasteiger partial charge in [0.2, 0.25) is 0 Å². The van der Waals surface area contributed by atoms with Crippen LogP contribution >= 0.6 is 0 Å². The fraction of sp³-hybridized carbons (Fsp3) is 0.600. The minimum atomic E-state index is 0.705. The molecule has 0 atom stereocenters. The van der Waals surface area contributed by atoms with E-state index in [0.29, 0.717) is 6.54 Å². The Morgan fingerprint density at radius 3 is 2.72 bits per heavy atom. The number of anilines is 1. The Labute approximate surface area is 173 Å². The van der Waals surface area contributed by atoms with Gasteiger partial charge in [-0.1, -0.05) is 13.8 Å². The minimum Gasteiger partial charge on any atom is -0.355 e. The lowest BCUT2D eigenvalue weighted by Crippen LogP contribution is -2.46. The second-order valence-electron chi connectivity index (χ2n) is 7.09. The van der Waals surface area contributed by atoms with E-state index in [1.807, 2.05) is 6.20 Å². The van der Waals surface area contributed by atoms with Gasteiger partial charge in [-0.05, 0) is 24.2 Å². The van der Waals surface area contributed by atoms with Gasteiger partial charge in [-0.3, -0.25) is 4.99 Å². The van der Waals surface area contributed by atoms with E-state index in [2.05, 4.69) is 71.2 Å². The van der Waals surface area contributed by atoms with Crippen LogP contribution in [0.2, 0.25) is 0 Å². The maximum Gasteiger partial charge on any atom is 0.191 e. The van der Waals surface area contributed by atoms with Gasteiger partial charge in [-0.2, -0.15) is 0 Å². The maximum absolute atomic E-state index is 4.57. The summed E-state index contributed by atoms with van der Waals surface area (Å²) in [6, 6.07) is 4.23. The van der Waals surface area contributed by atoms with Gasteiger partial charge in [0.1, 0.15) is 18.0 Å². The number of hydrogen-bond acceptors (Lipinski definition) is 6. The first-order chi connectivity index (χ1) is 14.2. The number of piperazine rings is 1. The van der Waals surface area contributed by atoms with Crippen molar-refractivity contribution in [2.45, 2.75) is 33.4 Å². The van der Waals surface area contributed by atoms with Crippen molar-refractivity contribution in [2.24, 2.45) is 4.99 Å². The van der Waals surface area contributed by atoms with Crippen LogP contribution in [0.5, 0.6) is 0 Å². The quantitative estimate of drug-likeness (QED) is 0.500. The standard InChI is InChI=1S/C20H33N9/c1-4-18-26-25-16-29(18)9-8-23-20(21-3)24-15-17-6-7-22-19(14-17)28-12-10-27(5-2)11-13-28/h6-7,14,16H,4-5,8-13,15H2,1-3H3,(H2,21,23,24). The number of aliphatic imine (C=N–C) groups is 1. The van der Waals surface area contributed by atoms with Crippen molar-refractivity contribution in [2.75, 3.05) is 51.2 Å². The third-order valence-corrected chi connectivity index (χ3v) is 5.29. The average Bonchev–Trinajstić information content (AvgIpc) is 3.24. The molecule has 158 valence electrons. The van der Waals surface area contributed by atoms with Gasteiger partial charge in [0.05, 0.1) is 0 Å². The molecule has 0 spiro atoms. The fourth-order valence-corrected chi connectivity index (χ4v) is 3.48. The van der Waals surface area contributed by atoms with Crippen molar-refractivity contribution in [1.82, 2.24) is 35.3 Å². The van der Waals surface area contributed by atoms with Crippen molar-refractivity contribution in [1.29, 1.82) is 0 Å². The number of rotatable bonds is 8. The summed E-state index contributed by atoms with van der Waals surface area (Å²) in [5.41, 5.74) is 1.20. The molecule has 2 aromatic heterocycles. The first kappa shape index (κ1) is 21.0. The van der Waals surface area contributed by atoms with Crippen LogP contribution in [-0.4, -0.2) is 76.9 Å².